The first-order valence-corrected chi connectivity index (χ1v) is 11.8. The molecular formula is C25H27Cl2N3O2. The van der Waals surface area contributed by atoms with E-state index in [-0.39, 0.29) is 17.7 Å². The molecule has 1 aliphatic carbocycles. The summed E-state index contributed by atoms with van der Waals surface area (Å²) >= 11 is 12.5. The van der Waals surface area contributed by atoms with Gasteiger partial charge in [-0.25, -0.2) is 4.98 Å². The highest BCUT2D eigenvalue weighted by atomic mass is 35.5. The Hall–Kier alpha value is -2.34. The van der Waals surface area contributed by atoms with Crippen molar-refractivity contribution in [3.63, 3.8) is 0 Å². The lowest BCUT2D eigenvalue weighted by Crippen LogP contribution is -2.32. The van der Waals surface area contributed by atoms with Gasteiger partial charge in [-0.3, -0.25) is 9.36 Å². The van der Waals surface area contributed by atoms with E-state index in [1.54, 1.807) is 22.8 Å². The number of aryl methyl sites for hydroxylation is 1. The number of halogens is 2. The van der Waals surface area contributed by atoms with Crippen LogP contribution in [0.2, 0.25) is 10.0 Å². The summed E-state index contributed by atoms with van der Waals surface area (Å²) in [4.78, 5) is 18.3. The summed E-state index contributed by atoms with van der Waals surface area (Å²) in [5.41, 5.74) is 4.02. The van der Waals surface area contributed by atoms with Crippen LogP contribution in [0.4, 0.5) is 5.82 Å². The fraction of sp³-hybridized carbons (Fsp3) is 0.360. The maximum Gasteiger partial charge on any atom is 0.278 e. The van der Waals surface area contributed by atoms with Crippen LogP contribution in [0, 0.1) is 0 Å². The zero-order valence-electron chi connectivity index (χ0n) is 18.5. The molecule has 0 fully saturated rings. The summed E-state index contributed by atoms with van der Waals surface area (Å²) in [6.45, 7) is 7.13. The van der Waals surface area contributed by atoms with Crippen LogP contribution in [0.25, 0.3) is 11.3 Å². The lowest BCUT2D eigenvalue weighted by molar-refractivity contribution is 0.0572. The normalized spacial score (nSPS) is 17.4. The number of hydrogen-bond acceptors (Lipinski definition) is 4. The molecule has 4 rings (SSSR count). The van der Waals surface area contributed by atoms with E-state index >= 15 is 0 Å². The van der Waals surface area contributed by atoms with Gasteiger partial charge in [0.05, 0.1) is 22.9 Å². The van der Waals surface area contributed by atoms with Crippen molar-refractivity contribution < 1.29 is 4.74 Å². The van der Waals surface area contributed by atoms with Crippen LogP contribution in [0.3, 0.4) is 0 Å². The van der Waals surface area contributed by atoms with Crippen molar-refractivity contribution in [3.8, 4) is 11.3 Å². The number of nitrogens with zero attached hydrogens (tertiary/aromatic N) is 2. The Morgan fingerprint density at radius 2 is 1.94 bits per heavy atom. The molecule has 0 aliphatic heterocycles. The van der Waals surface area contributed by atoms with Gasteiger partial charge in [-0.05, 0) is 49.6 Å². The average molecular weight is 472 g/mol. The summed E-state index contributed by atoms with van der Waals surface area (Å²) < 4.78 is 7.81. The predicted octanol–water partition coefficient (Wildman–Crippen LogP) is 5.91. The maximum absolute atomic E-state index is 13.5. The van der Waals surface area contributed by atoms with Crippen LogP contribution in [0.5, 0.6) is 0 Å². The predicted molar refractivity (Wildman–Crippen MR) is 131 cm³/mol. The van der Waals surface area contributed by atoms with E-state index < -0.39 is 0 Å². The first kappa shape index (κ1) is 22.8. The number of hydrogen-bond donors (Lipinski definition) is 1. The second kappa shape index (κ2) is 9.65. The summed E-state index contributed by atoms with van der Waals surface area (Å²) in [7, 11) is 0. The van der Waals surface area contributed by atoms with Gasteiger partial charge in [-0.2, -0.15) is 0 Å². The van der Waals surface area contributed by atoms with Crippen molar-refractivity contribution in [2.24, 2.45) is 0 Å². The molecule has 0 amide bonds. The monoisotopic (exact) mass is 471 g/mol. The molecular weight excluding hydrogens is 445 g/mol. The van der Waals surface area contributed by atoms with E-state index in [0.29, 0.717) is 40.9 Å². The summed E-state index contributed by atoms with van der Waals surface area (Å²) in [5, 5.41) is 4.57. The van der Waals surface area contributed by atoms with Crippen molar-refractivity contribution >= 4 is 29.0 Å². The van der Waals surface area contributed by atoms with Gasteiger partial charge >= 0.3 is 0 Å². The number of fused-ring (bicyclic) bond motifs is 1. The third-order valence-corrected chi connectivity index (χ3v) is 6.48. The Bertz CT molecular complexity index is 1190. The first-order chi connectivity index (χ1) is 15.5. The van der Waals surface area contributed by atoms with Gasteiger partial charge in [0.2, 0.25) is 0 Å². The molecule has 3 aromatic rings. The molecule has 1 aliphatic rings. The largest absolute Gasteiger partial charge is 0.376 e. The van der Waals surface area contributed by atoms with Gasteiger partial charge in [-0.1, -0.05) is 54.4 Å². The number of aromatic nitrogens is 2. The second-order valence-electron chi connectivity index (χ2n) is 7.80. The van der Waals surface area contributed by atoms with Crippen LogP contribution in [-0.2, 0) is 24.1 Å². The molecule has 1 aromatic heterocycles. The molecule has 2 aromatic carbocycles. The van der Waals surface area contributed by atoms with Crippen LogP contribution in [-0.4, -0.2) is 22.3 Å². The van der Waals surface area contributed by atoms with Gasteiger partial charge < -0.3 is 10.1 Å². The molecule has 168 valence electrons. The molecule has 0 radical (unpaired) electrons. The summed E-state index contributed by atoms with van der Waals surface area (Å²) in [6.07, 6.45) is 1.49. The van der Waals surface area contributed by atoms with Crippen molar-refractivity contribution in [2.45, 2.75) is 52.3 Å². The maximum atomic E-state index is 13.5. The molecule has 1 N–H and O–H groups in total. The van der Waals surface area contributed by atoms with E-state index in [1.807, 2.05) is 26.8 Å². The Balaban J connectivity index is 1.83. The second-order valence-corrected chi connectivity index (χ2v) is 8.65. The lowest BCUT2D eigenvalue weighted by Gasteiger charge is -2.26. The number of anilines is 1. The number of rotatable bonds is 7. The highest BCUT2D eigenvalue weighted by Crippen LogP contribution is 2.37. The summed E-state index contributed by atoms with van der Waals surface area (Å²) in [5.74, 6) is 0.736. The zero-order valence-corrected chi connectivity index (χ0v) is 20.0. The molecule has 5 nitrogen and oxygen atoms in total. The Morgan fingerprint density at radius 3 is 2.62 bits per heavy atom. The summed E-state index contributed by atoms with van der Waals surface area (Å²) in [6, 6.07) is 13.4. The molecule has 1 heterocycles. The van der Waals surface area contributed by atoms with Gasteiger partial charge in [0.25, 0.3) is 5.56 Å². The van der Waals surface area contributed by atoms with Gasteiger partial charge in [0, 0.05) is 30.2 Å². The van der Waals surface area contributed by atoms with Gasteiger partial charge in [-0.15, -0.1) is 0 Å². The number of benzene rings is 2. The topological polar surface area (TPSA) is 56.1 Å². The minimum Gasteiger partial charge on any atom is -0.376 e. The molecule has 2 atom stereocenters. The SMILES string of the molecule is CCO[C@H]1Cc2ccccc2[C@H]1Nc1c(CC)nc(-c2ccc(Cl)cc2Cl)c(=O)n1CC. The minimum absolute atomic E-state index is 0.00657. The van der Waals surface area contributed by atoms with Crippen LogP contribution < -0.4 is 10.9 Å². The number of ether oxygens (including phenoxy) is 1. The van der Waals surface area contributed by atoms with E-state index in [2.05, 4.69) is 23.5 Å². The highest BCUT2D eigenvalue weighted by Gasteiger charge is 2.34. The fourth-order valence-corrected chi connectivity index (χ4v) is 4.93. The zero-order chi connectivity index (χ0) is 22.8. The smallest absolute Gasteiger partial charge is 0.278 e. The molecule has 0 saturated heterocycles. The van der Waals surface area contributed by atoms with Crippen LogP contribution in [0.15, 0.2) is 47.3 Å². The highest BCUT2D eigenvalue weighted by molar-refractivity contribution is 6.36. The molecule has 32 heavy (non-hydrogen) atoms. The van der Waals surface area contributed by atoms with Gasteiger partial charge in [0.1, 0.15) is 11.5 Å². The quantitative estimate of drug-likeness (QED) is 0.464. The van der Waals surface area contributed by atoms with Crippen molar-refractivity contribution in [1.82, 2.24) is 9.55 Å². The minimum atomic E-state index is -0.185. The van der Waals surface area contributed by atoms with Crippen LogP contribution >= 0.6 is 23.2 Å². The van der Waals surface area contributed by atoms with E-state index in [1.165, 1.54) is 11.1 Å². The third kappa shape index (κ3) is 4.17. The molecule has 7 heteroatoms. The van der Waals surface area contributed by atoms with Crippen LogP contribution in [0.1, 0.15) is 43.6 Å². The third-order valence-electron chi connectivity index (χ3n) is 5.93. The standard InChI is InChI=1S/C25H27Cl2N3O2/c1-4-20-24(29-22-17-10-8-7-9-15(17)13-21(22)32-6-3)30(5-2)25(31)23(28-20)18-12-11-16(26)14-19(18)27/h7-12,14,21-22,29H,4-6,13H2,1-3H3/t21-,22+/m0/s1. The van der Waals surface area contributed by atoms with E-state index in [9.17, 15) is 4.79 Å². The molecule has 0 unspecified atom stereocenters. The Morgan fingerprint density at radius 1 is 1.16 bits per heavy atom. The average Bonchev–Trinajstić information content (AvgIpc) is 3.12. The van der Waals surface area contributed by atoms with Crippen molar-refractivity contribution in [3.05, 3.63) is 79.7 Å². The number of nitrogens with one attached hydrogen (secondary N) is 1. The van der Waals surface area contributed by atoms with E-state index in [0.717, 1.165) is 17.9 Å². The van der Waals surface area contributed by atoms with Crippen molar-refractivity contribution in [2.75, 3.05) is 11.9 Å². The van der Waals surface area contributed by atoms with Gasteiger partial charge in [0.15, 0.2) is 0 Å². The fourth-order valence-electron chi connectivity index (χ4n) is 4.43. The van der Waals surface area contributed by atoms with E-state index in [4.69, 9.17) is 32.9 Å². The first-order valence-electron chi connectivity index (χ1n) is 11.0. The molecule has 0 spiro atoms. The molecule has 0 bridgehead atoms. The lowest BCUT2D eigenvalue weighted by atomic mass is 10.1. The Kier molecular flexibility index (Phi) is 6.89. The Labute approximate surface area is 198 Å². The molecule has 0 saturated carbocycles. The van der Waals surface area contributed by atoms with Crippen molar-refractivity contribution in [1.29, 1.82) is 0 Å².